The monoisotopic (exact) mass is 266 g/mol. The van der Waals surface area contributed by atoms with Crippen molar-refractivity contribution in [3.63, 3.8) is 0 Å². The zero-order valence-electron chi connectivity index (χ0n) is 13.1. The Kier molecular flexibility index (Phi) is 17.1. The summed E-state index contributed by atoms with van der Waals surface area (Å²) in [7, 11) is 0. The van der Waals surface area contributed by atoms with Crippen LogP contribution >= 0.6 is 0 Å². The molecular formula is C18H34O. The van der Waals surface area contributed by atoms with Crippen molar-refractivity contribution in [1.82, 2.24) is 0 Å². The third-order valence-electron chi connectivity index (χ3n) is 3.49. The molecule has 0 aliphatic carbocycles. The standard InChI is InChI=1S/C18H34O/c1-2-3-4-5-6-7-8-9-10-11-12-13-14-15-16-17-18-19/h19H,2-6,9-18H2,1H3. The molecule has 0 bridgehead atoms. The van der Waals surface area contributed by atoms with Gasteiger partial charge >= 0.3 is 0 Å². The fourth-order valence-corrected chi connectivity index (χ4v) is 2.20. The van der Waals surface area contributed by atoms with E-state index in [4.69, 9.17) is 5.11 Å². The Morgan fingerprint density at radius 2 is 1.00 bits per heavy atom. The number of hydrogen-bond donors (Lipinski definition) is 1. The first-order valence-corrected chi connectivity index (χ1v) is 8.48. The summed E-state index contributed by atoms with van der Waals surface area (Å²) in [5.74, 6) is 6.60. The summed E-state index contributed by atoms with van der Waals surface area (Å²) < 4.78 is 0. The molecule has 0 fully saturated rings. The van der Waals surface area contributed by atoms with E-state index in [1.165, 1.54) is 70.6 Å². The molecule has 0 saturated heterocycles. The lowest BCUT2D eigenvalue weighted by molar-refractivity contribution is 0.282. The summed E-state index contributed by atoms with van der Waals surface area (Å²) in [6.45, 7) is 2.61. The number of aliphatic hydroxyl groups excluding tert-OH is 1. The van der Waals surface area contributed by atoms with Gasteiger partial charge in [0.15, 0.2) is 0 Å². The van der Waals surface area contributed by atoms with Crippen molar-refractivity contribution >= 4 is 0 Å². The van der Waals surface area contributed by atoms with E-state index in [1.807, 2.05) is 0 Å². The molecule has 0 rings (SSSR count). The minimum Gasteiger partial charge on any atom is -0.396 e. The normalized spacial score (nSPS) is 10.2. The highest BCUT2D eigenvalue weighted by molar-refractivity contribution is 4.98. The van der Waals surface area contributed by atoms with Gasteiger partial charge in [-0.15, -0.1) is 11.8 Å². The largest absolute Gasteiger partial charge is 0.396 e. The first-order chi connectivity index (χ1) is 9.41. The second kappa shape index (κ2) is 17.5. The Labute approximate surface area is 121 Å². The second-order valence-electron chi connectivity index (χ2n) is 5.47. The summed E-state index contributed by atoms with van der Waals surface area (Å²) in [6.07, 6.45) is 17.6. The van der Waals surface area contributed by atoms with Crippen LogP contribution in [0.1, 0.15) is 96.8 Å². The van der Waals surface area contributed by atoms with E-state index in [1.54, 1.807) is 0 Å². The lowest BCUT2D eigenvalue weighted by Gasteiger charge is -1.99. The first-order valence-electron chi connectivity index (χ1n) is 8.48. The molecule has 0 aromatic heterocycles. The van der Waals surface area contributed by atoms with E-state index >= 15 is 0 Å². The van der Waals surface area contributed by atoms with Gasteiger partial charge in [-0.1, -0.05) is 64.7 Å². The van der Waals surface area contributed by atoms with Crippen molar-refractivity contribution in [3.05, 3.63) is 0 Å². The van der Waals surface area contributed by atoms with Crippen LogP contribution in [0, 0.1) is 11.8 Å². The molecule has 0 aromatic rings. The van der Waals surface area contributed by atoms with Crippen molar-refractivity contribution in [2.45, 2.75) is 96.8 Å². The van der Waals surface area contributed by atoms with Gasteiger partial charge in [0.2, 0.25) is 0 Å². The van der Waals surface area contributed by atoms with Crippen molar-refractivity contribution in [1.29, 1.82) is 0 Å². The maximum atomic E-state index is 8.66. The Hall–Kier alpha value is -0.480. The lowest BCUT2D eigenvalue weighted by Crippen LogP contribution is -1.84. The number of unbranched alkanes of at least 4 members (excludes halogenated alkanes) is 12. The van der Waals surface area contributed by atoms with E-state index in [0.717, 1.165) is 19.3 Å². The molecule has 1 N–H and O–H groups in total. The predicted octanol–water partition coefficient (Wildman–Crippen LogP) is 5.46. The Morgan fingerprint density at radius 1 is 0.579 bits per heavy atom. The SMILES string of the molecule is CCCCCCC#CCCCCCCCCCCO. The van der Waals surface area contributed by atoms with Crippen molar-refractivity contribution in [2.75, 3.05) is 6.61 Å². The second-order valence-corrected chi connectivity index (χ2v) is 5.47. The number of hydrogen-bond acceptors (Lipinski definition) is 1. The number of rotatable bonds is 13. The van der Waals surface area contributed by atoms with Gasteiger partial charge < -0.3 is 5.11 Å². The minimum absolute atomic E-state index is 0.358. The Bertz CT molecular complexity index is 211. The minimum atomic E-state index is 0.358. The summed E-state index contributed by atoms with van der Waals surface area (Å²) in [5.41, 5.74) is 0. The first kappa shape index (κ1) is 18.5. The van der Waals surface area contributed by atoms with E-state index in [0.29, 0.717) is 6.61 Å². The van der Waals surface area contributed by atoms with Crippen LogP contribution in [-0.4, -0.2) is 11.7 Å². The van der Waals surface area contributed by atoms with Crippen molar-refractivity contribution < 1.29 is 5.11 Å². The topological polar surface area (TPSA) is 20.2 Å². The molecule has 0 spiro atoms. The lowest BCUT2D eigenvalue weighted by atomic mass is 10.1. The van der Waals surface area contributed by atoms with Crippen LogP contribution in [-0.2, 0) is 0 Å². The fraction of sp³-hybridized carbons (Fsp3) is 0.889. The van der Waals surface area contributed by atoms with Gasteiger partial charge in [0, 0.05) is 19.4 Å². The average Bonchev–Trinajstić information content (AvgIpc) is 2.43. The molecule has 0 aliphatic rings. The van der Waals surface area contributed by atoms with Crippen LogP contribution in [0.3, 0.4) is 0 Å². The van der Waals surface area contributed by atoms with E-state index in [9.17, 15) is 0 Å². The molecule has 1 nitrogen and oxygen atoms in total. The summed E-state index contributed by atoms with van der Waals surface area (Å²) >= 11 is 0. The molecule has 1 heteroatoms. The molecule has 0 radical (unpaired) electrons. The van der Waals surface area contributed by atoms with Gasteiger partial charge in [-0.2, -0.15) is 0 Å². The molecule has 0 aromatic carbocycles. The maximum absolute atomic E-state index is 8.66. The predicted molar refractivity (Wildman–Crippen MR) is 85.2 cm³/mol. The van der Waals surface area contributed by atoms with Crippen molar-refractivity contribution in [2.24, 2.45) is 0 Å². The molecule has 0 heterocycles. The van der Waals surface area contributed by atoms with Crippen LogP contribution in [0.5, 0.6) is 0 Å². The molecule has 0 amide bonds. The van der Waals surface area contributed by atoms with Crippen LogP contribution in [0.15, 0.2) is 0 Å². The highest BCUT2D eigenvalue weighted by atomic mass is 16.2. The maximum Gasteiger partial charge on any atom is 0.0431 e. The van der Waals surface area contributed by atoms with Crippen LogP contribution in [0.2, 0.25) is 0 Å². The third-order valence-corrected chi connectivity index (χ3v) is 3.49. The molecule has 0 aliphatic heterocycles. The average molecular weight is 266 g/mol. The van der Waals surface area contributed by atoms with Gasteiger partial charge in [-0.05, 0) is 19.3 Å². The van der Waals surface area contributed by atoms with Gasteiger partial charge in [0.25, 0.3) is 0 Å². The highest BCUT2D eigenvalue weighted by Crippen LogP contribution is 2.09. The quantitative estimate of drug-likeness (QED) is 0.346. The van der Waals surface area contributed by atoms with E-state index in [2.05, 4.69) is 18.8 Å². The molecular weight excluding hydrogens is 232 g/mol. The van der Waals surface area contributed by atoms with Gasteiger partial charge in [0.1, 0.15) is 0 Å². The fourth-order valence-electron chi connectivity index (χ4n) is 2.20. The van der Waals surface area contributed by atoms with Crippen LogP contribution in [0.4, 0.5) is 0 Å². The molecule has 0 atom stereocenters. The number of aliphatic hydroxyl groups is 1. The molecule has 19 heavy (non-hydrogen) atoms. The molecule has 0 unspecified atom stereocenters. The zero-order valence-corrected chi connectivity index (χ0v) is 13.1. The van der Waals surface area contributed by atoms with Crippen LogP contribution < -0.4 is 0 Å². The molecule has 0 saturated carbocycles. The van der Waals surface area contributed by atoms with E-state index < -0.39 is 0 Å². The van der Waals surface area contributed by atoms with Gasteiger partial charge in [0.05, 0.1) is 0 Å². The Morgan fingerprint density at radius 3 is 1.47 bits per heavy atom. The highest BCUT2D eigenvalue weighted by Gasteiger charge is 1.91. The van der Waals surface area contributed by atoms with Crippen LogP contribution in [0.25, 0.3) is 0 Å². The zero-order chi connectivity index (χ0) is 14.0. The summed E-state index contributed by atoms with van der Waals surface area (Å²) in [5, 5.41) is 8.66. The van der Waals surface area contributed by atoms with Gasteiger partial charge in [-0.25, -0.2) is 0 Å². The molecule has 112 valence electrons. The summed E-state index contributed by atoms with van der Waals surface area (Å²) in [6, 6.07) is 0. The summed E-state index contributed by atoms with van der Waals surface area (Å²) in [4.78, 5) is 0. The smallest absolute Gasteiger partial charge is 0.0431 e. The van der Waals surface area contributed by atoms with Crippen molar-refractivity contribution in [3.8, 4) is 11.8 Å². The van der Waals surface area contributed by atoms with Gasteiger partial charge in [-0.3, -0.25) is 0 Å². The Balaban J connectivity index is 3.04. The third kappa shape index (κ3) is 17.5. The van der Waals surface area contributed by atoms with E-state index in [-0.39, 0.29) is 0 Å².